The highest BCUT2D eigenvalue weighted by Crippen LogP contribution is 2.05. The number of carbonyl (C=O) groups excluding carboxylic acids is 1. The maximum atomic E-state index is 11.0. The predicted molar refractivity (Wildman–Crippen MR) is 50.4 cm³/mol. The molecule has 0 aliphatic rings. The van der Waals surface area contributed by atoms with Gasteiger partial charge < -0.3 is 0 Å². The Balaban J connectivity index is 3.30. The second-order valence-electron chi connectivity index (χ2n) is 2.49. The topological polar surface area (TPSA) is 40.9 Å². The van der Waals surface area contributed by atoms with E-state index in [0.29, 0.717) is 17.2 Å². The van der Waals surface area contributed by atoms with Gasteiger partial charge in [-0.1, -0.05) is 13.3 Å². The summed E-state index contributed by atoms with van der Waals surface area (Å²) in [7, 11) is 0. The van der Waals surface area contributed by atoms with E-state index < -0.39 is 0 Å². The first-order valence-electron chi connectivity index (χ1n) is 3.86. The maximum absolute atomic E-state index is 11.0. The Labute approximate surface area is 72.3 Å². The standard InChI is InChI=1S/C8H15NOS/c1-3-4-5-8(10)6-11-7(2)9/h9H,3-6H2,1-2H3. The number of rotatable bonds is 5. The maximum Gasteiger partial charge on any atom is 0.143 e. The fraction of sp³-hybridized carbons (Fsp3) is 0.750. The highest BCUT2D eigenvalue weighted by atomic mass is 32.2. The minimum Gasteiger partial charge on any atom is -0.299 e. The normalized spacial score (nSPS) is 9.64. The lowest BCUT2D eigenvalue weighted by molar-refractivity contribution is -0.116. The van der Waals surface area contributed by atoms with Crippen LogP contribution >= 0.6 is 11.8 Å². The predicted octanol–water partition coefficient (Wildman–Crippen LogP) is 2.48. The highest BCUT2D eigenvalue weighted by Gasteiger charge is 2.00. The second kappa shape index (κ2) is 6.40. The van der Waals surface area contributed by atoms with Gasteiger partial charge in [0.2, 0.25) is 0 Å². The van der Waals surface area contributed by atoms with Gasteiger partial charge in [0.15, 0.2) is 0 Å². The van der Waals surface area contributed by atoms with Gasteiger partial charge in [0.05, 0.1) is 10.8 Å². The van der Waals surface area contributed by atoms with E-state index in [9.17, 15) is 4.79 Å². The molecule has 0 unspecified atom stereocenters. The zero-order valence-electron chi connectivity index (χ0n) is 7.14. The molecule has 0 aliphatic heterocycles. The Bertz CT molecular complexity index is 145. The molecule has 0 aromatic heterocycles. The van der Waals surface area contributed by atoms with Crippen molar-refractivity contribution in [2.75, 3.05) is 5.75 Å². The van der Waals surface area contributed by atoms with E-state index in [2.05, 4.69) is 6.92 Å². The molecule has 0 fully saturated rings. The van der Waals surface area contributed by atoms with Gasteiger partial charge >= 0.3 is 0 Å². The summed E-state index contributed by atoms with van der Waals surface area (Å²) in [4.78, 5) is 11.0. The van der Waals surface area contributed by atoms with Crippen LogP contribution in [0, 0.1) is 5.41 Å². The van der Waals surface area contributed by atoms with Crippen LogP contribution < -0.4 is 0 Å². The van der Waals surface area contributed by atoms with Crippen molar-refractivity contribution in [1.82, 2.24) is 0 Å². The fourth-order valence-corrected chi connectivity index (χ4v) is 1.16. The molecule has 0 saturated carbocycles. The van der Waals surface area contributed by atoms with E-state index in [1.54, 1.807) is 6.92 Å². The lowest BCUT2D eigenvalue weighted by atomic mass is 10.2. The van der Waals surface area contributed by atoms with Crippen LogP contribution in [-0.4, -0.2) is 16.6 Å². The van der Waals surface area contributed by atoms with Crippen LogP contribution in [0.4, 0.5) is 0 Å². The Morgan fingerprint density at radius 1 is 1.55 bits per heavy atom. The van der Waals surface area contributed by atoms with Crippen molar-refractivity contribution >= 4 is 22.6 Å². The minimum atomic E-state index is 0.267. The minimum absolute atomic E-state index is 0.267. The van der Waals surface area contributed by atoms with Gasteiger partial charge in [-0.2, -0.15) is 0 Å². The molecule has 3 heteroatoms. The number of unbranched alkanes of at least 4 members (excludes halogenated alkanes) is 1. The van der Waals surface area contributed by atoms with Crippen LogP contribution in [0.5, 0.6) is 0 Å². The number of carbonyl (C=O) groups is 1. The van der Waals surface area contributed by atoms with Gasteiger partial charge in [0.25, 0.3) is 0 Å². The lowest BCUT2D eigenvalue weighted by Gasteiger charge is -1.97. The number of thioether (sulfide) groups is 1. The Morgan fingerprint density at radius 3 is 2.64 bits per heavy atom. The zero-order valence-corrected chi connectivity index (χ0v) is 7.96. The van der Waals surface area contributed by atoms with E-state index in [-0.39, 0.29) is 5.78 Å². The highest BCUT2D eigenvalue weighted by molar-refractivity contribution is 8.14. The first-order chi connectivity index (χ1) is 5.16. The van der Waals surface area contributed by atoms with Crippen LogP contribution in [0.2, 0.25) is 0 Å². The van der Waals surface area contributed by atoms with Crippen molar-refractivity contribution in [1.29, 1.82) is 5.41 Å². The molecule has 0 bridgehead atoms. The van der Waals surface area contributed by atoms with Crippen molar-refractivity contribution in [2.45, 2.75) is 33.1 Å². The molecule has 0 atom stereocenters. The molecule has 0 aliphatic carbocycles. The van der Waals surface area contributed by atoms with Gasteiger partial charge in [-0.3, -0.25) is 10.2 Å². The van der Waals surface area contributed by atoms with Gasteiger partial charge in [-0.05, 0) is 13.3 Å². The molecule has 0 saturated heterocycles. The monoisotopic (exact) mass is 173 g/mol. The summed E-state index contributed by atoms with van der Waals surface area (Å²) >= 11 is 1.32. The van der Waals surface area contributed by atoms with Crippen LogP contribution in [0.3, 0.4) is 0 Å². The first kappa shape index (κ1) is 10.7. The summed E-state index contributed by atoms with van der Waals surface area (Å²) in [6.45, 7) is 3.78. The molecule has 0 aromatic carbocycles. The molecule has 0 spiro atoms. The number of ketones is 1. The molecule has 0 aromatic rings. The molecule has 2 nitrogen and oxygen atoms in total. The van der Waals surface area contributed by atoms with Crippen LogP contribution in [0.25, 0.3) is 0 Å². The first-order valence-corrected chi connectivity index (χ1v) is 4.85. The van der Waals surface area contributed by atoms with Gasteiger partial charge in [0, 0.05) is 6.42 Å². The average molecular weight is 173 g/mol. The summed E-state index contributed by atoms with van der Waals surface area (Å²) in [6.07, 6.45) is 2.73. The number of Topliss-reactive ketones (excluding diaryl/α,β-unsaturated/α-hetero) is 1. The van der Waals surface area contributed by atoms with Crippen molar-refractivity contribution in [3.63, 3.8) is 0 Å². The molecular formula is C8H15NOS. The Kier molecular flexibility index (Phi) is 6.22. The quantitative estimate of drug-likeness (QED) is 0.512. The van der Waals surface area contributed by atoms with Gasteiger partial charge in [-0.15, -0.1) is 11.8 Å². The third-order valence-corrected chi connectivity index (χ3v) is 2.16. The van der Waals surface area contributed by atoms with Crippen molar-refractivity contribution < 1.29 is 4.79 Å². The lowest BCUT2D eigenvalue weighted by Crippen LogP contribution is -2.02. The van der Waals surface area contributed by atoms with E-state index >= 15 is 0 Å². The third kappa shape index (κ3) is 7.59. The molecule has 0 heterocycles. The zero-order chi connectivity index (χ0) is 8.69. The van der Waals surface area contributed by atoms with Crippen molar-refractivity contribution in [3.05, 3.63) is 0 Å². The fourth-order valence-electron chi connectivity index (χ4n) is 0.635. The van der Waals surface area contributed by atoms with E-state index in [0.717, 1.165) is 12.8 Å². The number of hydrogen-bond acceptors (Lipinski definition) is 3. The molecule has 64 valence electrons. The Hall–Kier alpha value is -0.310. The smallest absolute Gasteiger partial charge is 0.143 e. The van der Waals surface area contributed by atoms with Crippen LogP contribution in [-0.2, 0) is 4.79 Å². The number of hydrogen-bond donors (Lipinski definition) is 1. The van der Waals surface area contributed by atoms with E-state index in [1.165, 1.54) is 11.8 Å². The van der Waals surface area contributed by atoms with Crippen molar-refractivity contribution in [2.24, 2.45) is 0 Å². The molecular weight excluding hydrogens is 158 g/mol. The summed E-state index contributed by atoms with van der Waals surface area (Å²) in [5, 5.41) is 7.60. The second-order valence-corrected chi connectivity index (χ2v) is 3.68. The van der Waals surface area contributed by atoms with Gasteiger partial charge in [0.1, 0.15) is 5.78 Å². The average Bonchev–Trinajstić information content (AvgIpc) is 1.97. The summed E-state index contributed by atoms with van der Waals surface area (Å²) in [5.74, 6) is 0.749. The number of nitrogens with one attached hydrogen (secondary N) is 1. The molecule has 1 N–H and O–H groups in total. The largest absolute Gasteiger partial charge is 0.299 e. The van der Waals surface area contributed by atoms with Crippen molar-refractivity contribution in [3.8, 4) is 0 Å². The SMILES string of the molecule is CCCCC(=O)CSC(C)=N. The summed E-state index contributed by atoms with van der Waals surface area (Å²) in [5.41, 5.74) is 0. The molecule has 0 rings (SSSR count). The summed E-state index contributed by atoms with van der Waals surface area (Å²) in [6, 6.07) is 0. The van der Waals surface area contributed by atoms with E-state index in [1.807, 2.05) is 0 Å². The van der Waals surface area contributed by atoms with Crippen LogP contribution in [0.1, 0.15) is 33.1 Å². The summed E-state index contributed by atoms with van der Waals surface area (Å²) < 4.78 is 0. The molecule has 11 heavy (non-hydrogen) atoms. The molecule has 0 amide bonds. The molecule has 0 radical (unpaired) electrons. The van der Waals surface area contributed by atoms with Crippen LogP contribution in [0.15, 0.2) is 0 Å². The third-order valence-electron chi connectivity index (χ3n) is 1.26. The van der Waals surface area contributed by atoms with Gasteiger partial charge in [-0.25, -0.2) is 0 Å². The van der Waals surface area contributed by atoms with E-state index in [4.69, 9.17) is 5.41 Å². The Morgan fingerprint density at radius 2 is 2.18 bits per heavy atom.